The molecule has 0 amide bonds. The van der Waals surface area contributed by atoms with Gasteiger partial charge in [0.05, 0.1) is 17.4 Å². The van der Waals surface area contributed by atoms with Crippen LogP contribution in [0.4, 0.5) is 0 Å². The Kier molecular flexibility index (Phi) is 3.34. The third-order valence-corrected chi connectivity index (χ3v) is 2.13. The van der Waals surface area contributed by atoms with Gasteiger partial charge >= 0.3 is 0 Å². The third-order valence-electron chi connectivity index (χ3n) is 1.92. The Morgan fingerprint density at radius 2 is 1.75 bits per heavy atom. The molecule has 0 aliphatic carbocycles. The average Bonchev–Trinajstić information content (AvgIpc) is 2.29. The fourth-order valence-electron chi connectivity index (χ4n) is 1.22. The van der Waals surface area contributed by atoms with E-state index in [2.05, 4.69) is 9.97 Å². The Labute approximate surface area is 98.0 Å². The number of nitrogens with zero attached hydrogens (tertiary/aromatic N) is 2. The highest BCUT2D eigenvalue weighted by Gasteiger charge is 2.00. The maximum Gasteiger partial charge on any atom is 0.147 e. The van der Waals surface area contributed by atoms with Gasteiger partial charge in [0.15, 0.2) is 0 Å². The van der Waals surface area contributed by atoms with E-state index in [-0.39, 0.29) is 0 Å². The van der Waals surface area contributed by atoms with E-state index in [0.29, 0.717) is 23.1 Å². The standard InChI is InChI=1S/C11H10ClN3O/c12-9-2-11(7-15-5-9)16-10-1-8(3-13)4-14-6-10/h1-2,4-7H,3,13H2. The van der Waals surface area contributed by atoms with Crippen molar-refractivity contribution in [2.45, 2.75) is 6.54 Å². The molecular weight excluding hydrogens is 226 g/mol. The molecule has 0 atom stereocenters. The summed E-state index contributed by atoms with van der Waals surface area (Å²) in [6.07, 6.45) is 6.44. The van der Waals surface area contributed by atoms with Crippen molar-refractivity contribution in [2.75, 3.05) is 0 Å². The van der Waals surface area contributed by atoms with E-state index < -0.39 is 0 Å². The fraction of sp³-hybridized carbons (Fsp3) is 0.0909. The second kappa shape index (κ2) is 4.92. The molecule has 0 unspecified atom stereocenters. The molecule has 2 aromatic heterocycles. The van der Waals surface area contributed by atoms with Crippen molar-refractivity contribution in [3.63, 3.8) is 0 Å². The highest BCUT2D eigenvalue weighted by Crippen LogP contribution is 2.22. The molecule has 2 rings (SSSR count). The number of ether oxygens (including phenoxy) is 1. The summed E-state index contributed by atoms with van der Waals surface area (Å²) >= 11 is 5.79. The summed E-state index contributed by atoms with van der Waals surface area (Å²) in [6, 6.07) is 3.51. The second-order valence-corrected chi connectivity index (χ2v) is 3.61. The fourth-order valence-corrected chi connectivity index (χ4v) is 1.38. The zero-order valence-corrected chi connectivity index (χ0v) is 9.19. The Hall–Kier alpha value is -1.65. The summed E-state index contributed by atoms with van der Waals surface area (Å²) in [5.41, 5.74) is 6.42. The van der Waals surface area contributed by atoms with Crippen LogP contribution in [0, 0.1) is 0 Å². The predicted octanol–water partition coefficient (Wildman–Crippen LogP) is 2.38. The van der Waals surface area contributed by atoms with E-state index in [1.165, 1.54) is 0 Å². The van der Waals surface area contributed by atoms with Gasteiger partial charge in [0.2, 0.25) is 0 Å². The van der Waals surface area contributed by atoms with Crippen molar-refractivity contribution in [1.29, 1.82) is 0 Å². The van der Waals surface area contributed by atoms with Crippen LogP contribution in [-0.4, -0.2) is 9.97 Å². The smallest absolute Gasteiger partial charge is 0.147 e. The molecular formula is C11H10ClN3O. The molecule has 2 heterocycles. The van der Waals surface area contributed by atoms with Crippen LogP contribution < -0.4 is 10.5 Å². The highest BCUT2D eigenvalue weighted by molar-refractivity contribution is 6.30. The first-order chi connectivity index (χ1) is 7.78. The van der Waals surface area contributed by atoms with Gasteiger partial charge in [-0.2, -0.15) is 0 Å². The third kappa shape index (κ3) is 2.68. The topological polar surface area (TPSA) is 61.0 Å². The molecule has 16 heavy (non-hydrogen) atoms. The lowest BCUT2D eigenvalue weighted by atomic mass is 10.3. The lowest BCUT2D eigenvalue weighted by Gasteiger charge is -2.05. The van der Waals surface area contributed by atoms with Gasteiger partial charge in [-0.15, -0.1) is 0 Å². The molecule has 0 spiro atoms. The van der Waals surface area contributed by atoms with Gasteiger partial charge < -0.3 is 10.5 Å². The molecule has 82 valence electrons. The molecule has 4 nitrogen and oxygen atoms in total. The second-order valence-electron chi connectivity index (χ2n) is 3.17. The lowest BCUT2D eigenvalue weighted by Crippen LogP contribution is -1.97. The summed E-state index contributed by atoms with van der Waals surface area (Å²) in [5.74, 6) is 1.19. The molecule has 0 aliphatic heterocycles. The van der Waals surface area contributed by atoms with Crippen molar-refractivity contribution >= 4 is 11.6 Å². The zero-order valence-electron chi connectivity index (χ0n) is 8.43. The highest BCUT2D eigenvalue weighted by atomic mass is 35.5. The Morgan fingerprint density at radius 3 is 2.44 bits per heavy atom. The molecule has 0 aromatic carbocycles. The van der Waals surface area contributed by atoms with Crippen LogP contribution in [0.15, 0.2) is 36.9 Å². The van der Waals surface area contributed by atoms with Crippen LogP contribution in [0.1, 0.15) is 5.56 Å². The number of pyridine rings is 2. The first-order valence-electron chi connectivity index (χ1n) is 4.70. The minimum absolute atomic E-state index is 0.429. The maximum absolute atomic E-state index is 5.79. The van der Waals surface area contributed by atoms with E-state index in [1.54, 1.807) is 30.9 Å². The van der Waals surface area contributed by atoms with Crippen LogP contribution in [0.25, 0.3) is 0 Å². The summed E-state index contributed by atoms with van der Waals surface area (Å²) in [6.45, 7) is 0.429. The van der Waals surface area contributed by atoms with Crippen LogP contribution in [0.2, 0.25) is 5.02 Å². The van der Waals surface area contributed by atoms with Gasteiger partial charge in [-0.3, -0.25) is 9.97 Å². The van der Waals surface area contributed by atoms with E-state index in [0.717, 1.165) is 5.56 Å². The first-order valence-corrected chi connectivity index (χ1v) is 5.08. The van der Waals surface area contributed by atoms with E-state index in [4.69, 9.17) is 22.1 Å². The van der Waals surface area contributed by atoms with Gasteiger partial charge in [-0.1, -0.05) is 11.6 Å². The van der Waals surface area contributed by atoms with Gasteiger partial charge in [-0.25, -0.2) is 0 Å². The van der Waals surface area contributed by atoms with E-state index in [1.807, 2.05) is 6.07 Å². The zero-order chi connectivity index (χ0) is 11.4. The van der Waals surface area contributed by atoms with Crippen LogP contribution in [0.5, 0.6) is 11.5 Å². The predicted molar refractivity (Wildman–Crippen MR) is 61.4 cm³/mol. The number of rotatable bonds is 3. The molecule has 5 heteroatoms. The molecule has 2 N–H and O–H groups in total. The molecule has 2 aromatic rings. The number of aromatic nitrogens is 2. The van der Waals surface area contributed by atoms with Crippen molar-refractivity contribution in [3.8, 4) is 11.5 Å². The molecule has 0 radical (unpaired) electrons. The SMILES string of the molecule is NCc1cncc(Oc2cncc(Cl)c2)c1. The van der Waals surface area contributed by atoms with Crippen LogP contribution in [0.3, 0.4) is 0 Å². The average molecular weight is 236 g/mol. The quantitative estimate of drug-likeness (QED) is 0.887. The van der Waals surface area contributed by atoms with Crippen LogP contribution in [-0.2, 0) is 6.54 Å². The van der Waals surface area contributed by atoms with Gasteiger partial charge in [-0.05, 0) is 11.6 Å². The monoisotopic (exact) mass is 235 g/mol. The number of halogens is 1. The summed E-state index contributed by atoms with van der Waals surface area (Å²) in [4.78, 5) is 7.94. The van der Waals surface area contributed by atoms with Crippen LogP contribution >= 0.6 is 11.6 Å². The van der Waals surface area contributed by atoms with E-state index in [9.17, 15) is 0 Å². The van der Waals surface area contributed by atoms with Crippen molar-refractivity contribution in [2.24, 2.45) is 5.73 Å². The van der Waals surface area contributed by atoms with Crippen molar-refractivity contribution < 1.29 is 4.74 Å². The summed E-state index contributed by atoms with van der Waals surface area (Å²) in [7, 11) is 0. The first kappa shape index (κ1) is 10.9. The van der Waals surface area contributed by atoms with Gasteiger partial charge in [0.1, 0.15) is 11.5 Å². The minimum Gasteiger partial charge on any atom is -0.454 e. The number of nitrogens with two attached hydrogens (primary N) is 1. The lowest BCUT2D eigenvalue weighted by molar-refractivity contribution is 0.477. The minimum atomic E-state index is 0.429. The number of hydrogen-bond acceptors (Lipinski definition) is 4. The normalized spacial score (nSPS) is 10.1. The molecule has 0 bridgehead atoms. The van der Waals surface area contributed by atoms with Crippen molar-refractivity contribution in [3.05, 3.63) is 47.5 Å². The molecule has 0 saturated carbocycles. The summed E-state index contributed by atoms with van der Waals surface area (Å²) in [5, 5.41) is 0.528. The molecule has 0 fully saturated rings. The van der Waals surface area contributed by atoms with Gasteiger partial charge in [0.25, 0.3) is 0 Å². The molecule has 0 aliphatic rings. The van der Waals surface area contributed by atoms with Gasteiger partial charge in [0, 0.05) is 25.0 Å². The van der Waals surface area contributed by atoms with E-state index >= 15 is 0 Å². The Balaban J connectivity index is 2.20. The van der Waals surface area contributed by atoms with Crippen molar-refractivity contribution in [1.82, 2.24) is 9.97 Å². The Morgan fingerprint density at radius 1 is 1.06 bits per heavy atom. The Bertz CT molecular complexity index is 490. The maximum atomic E-state index is 5.79. The number of hydrogen-bond donors (Lipinski definition) is 1. The largest absolute Gasteiger partial charge is 0.454 e. The molecule has 0 saturated heterocycles. The summed E-state index contributed by atoms with van der Waals surface area (Å²) < 4.78 is 5.54.